The summed E-state index contributed by atoms with van der Waals surface area (Å²) in [6, 6.07) is 1.13. The number of hydrogen-bond donors (Lipinski definition) is 1. The van der Waals surface area contributed by atoms with E-state index < -0.39 is 12.0 Å². The molecule has 1 unspecified atom stereocenters. The first-order valence-electron chi connectivity index (χ1n) is 5.38. The minimum atomic E-state index is -0.911. The Kier molecular flexibility index (Phi) is 3.83. The van der Waals surface area contributed by atoms with Crippen LogP contribution >= 0.6 is 27.3 Å². The molecule has 0 saturated carbocycles. The van der Waals surface area contributed by atoms with Gasteiger partial charge in [-0.1, -0.05) is 0 Å². The average molecular weight is 318 g/mol. The number of carbonyl (C=O) groups is 2. The van der Waals surface area contributed by atoms with E-state index >= 15 is 0 Å². The van der Waals surface area contributed by atoms with Crippen LogP contribution in [0.3, 0.4) is 0 Å². The maximum Gasteiger partial charge on any atom is 0.326 e. The number of piperidine rings is 1. The van der Waals surface area contributed by atoms with Crippen molar-refractivity contribution < 1.29 is 14.7 Å². The predicted octanol–water partition coefficient (Wildman–Crippen LogP) is 2.59. The van der Waals surface area contributed by atoms with Crippen molar-refractivity contribution in [2.45, 2.75) is 25.3 Å². The molecule has 2 rings (SSSR count). The second kappa shape index (κ2) is 5.18. The van der Waals surface area contributed by atoms with Crippen molar-refractivity contribution in [3.63, 3.8) is 0 Å². The van der Waals surface area contributed by atoms with Crippen molar-refractivity contribution in [1.29, 1.82) is 0 Å². The Morgan fingerprint density at radius 1 is 1.47 bits per heavy atom. The molecular formula is C11H12BrNO3S. The molecule has 1 amide bonds. The van der Waals surface area contributed by atoms with Crippen LogP contribution in [0.4, 0.5) is 0 Å². The Bertz CT molecular complexity index is 446. The van der Waals surface area contributed by atoms with Gasteiger partial charge in [0.05, 0.1) is 0 Å². The zero-order valence-corrected chi connectivity index (χ0v) is 11.5. The Hall–Kier alpha value is -0.880. The second-order valence-electron chi connectivity index (χ2n) is 3.95. The second-order valence-corrected chi connectivity index (χ2v) is 5.72. The molecule has 0 spiro atoms. The maximum atomic E-state index is 12.2. The van der Waals surface area contributed by atoms with E-state index in [1.807, 2.05) is 5.38 Å². The average Bonchev–Trinajstić information content (AvgIpc) is 2.74. The fourth-order valence-electron chi connectivity index (χ4n) is 2.01. The van der Waals surface area contributed by atoms with Crippen LogP contribution in [0.15, 0.2) is 15.9 Å². The van der Waals surface area contributed by atoms with Crippen molar-refractivity contribution in [3.8, 4) is 0 Å². The first-order valence-corrected chi connectivity index (χ1v) is 7.05. The summed E-state index contributed by atoms with van der Waals surface area (Å²) in [6.45, 7) is 0.528. The molecule has 0 bridgehead atoms. The van der Waals surface area contributed by atoms with Crippen LogP contribution < -0.4 is 0 Å². The number of amides is 1. The number of likely N-dealkylation sites (tertiary alicyclic amines) is 1. The number of rotatable bonds is 2. The number of carboxylic acid groups (broad SMARTS) is 1. The van der Waals surface area contributed by atoms with E-state index in [1.54, 1.807) is 6.07 Å². The van der Waals surface area contributed by atoms with Crippen LogP contribution in [0.25, 0.3) is 0 Å². The van der Waals surface area contributed by atoms with Gasteiger partial charge in [0.25, 0.3) is 5.91 Å². The van der Waals surface area contributed by atoms with Gasteiger partial charge in [-0.2, -0.15) is 0 Å². The standard InChI is InChI=1S/C11H12BrNO3S/c12-7-4-6-17-9(7)10(14)13-5-2-1-3-8(13)11(15)16/h4,6,8H,1-3,5H2,(H,15,16). The number of hydrogen-bond acceptors (Lipinski definition) is 3. The largest absolute Gasteiger partial charge is 0.480 e. The van der Waals surface area contributed by atoms with Crippen LogP contribution in [-0.4, -0.2) is 34.5 Å². The molecule has 1 fully saturated rings. The van der Waals surface area contributed by atoms with Crippen LogP contribution in [-0.2, 0) is 4.79 Å². The van der Waals surface area contributed by atoms with Crippen LogP contribution in [0.5, 0.6) is 0 Å². The van der Waals surface area contributed by atoms with Gasteiger partial charge in [-0.05, 0) is 46.6 Å². The van der Waals surface area contributed by atoms with Gasteiger partial charge in [0.15, 0.2) is 0 Å². The van der Waals surface area contributed by atoms with Crippen molar-refractivity contribution in [2.24, 2.45) is 0 Å². The number of aliphatic carboxylic acids is 1. The van der Waals surface area contributed by atoms with E-state index in [1.165, 1.54) is 16.2 Å². The minimum Gasteiger partial charge on any atom is -0.480 e. The molecule has 1 aliphatic heterocycles. The number of carboxylic acids is 1. The molecule has 1 saturated heterocycles. The Morgan fingerprint density at radius 2 is 2.24 bits per heavy atom. The van der Waals surface area contributed by atoms with Crippen LogP contribution in [0, 0.1) is 0 Å². The molecule has 1 aromatic rings. The molecule has 1 N–H and O–H groups in total. The van der Waals surface area contributed by atoms with Gasteiger partial charge < -0.3 is 10.0 Å². The van der Waals surface area contributed by atoms with Crippen molar-refractivity contribution in [2.75, 3.05) is 6.54 Å². The molecular weight excluding hydrogens is 306 g/mol. The number of thiophene rings is 1. The lowest BCUT2D eigenvalue weighted by Gasteiger charge is -2.32. The highest BCUT2D eigenvalue weighted by molar-refractivity contribution is 9.10. The van der Waals surface area contributed by atoms with Gasteiger partial charge in [0, 0.05) is 11.0 Å². The molecule has 1 aliphatic rings. The molecule has 2 heterocycles. The molecule has 4 nitrogen and oxygen atoms in total. The normalized spacial score (nSPS) is 20.3. The zero-order valence-electron chi connectivity index (χ0n) is 9.06. The summed E-state index contributed by atoms with van der Waals surface area (Å²) in [5, 5.41) is 10.9. The zero-order chi connectivity index (χ0) is 12.4. The van der Waals surface area contributed by atoms with E-state index in [-0.39, 0.29) is 5.91 Å². The Labute approximate surface area is 111 Å². The molecule has 1 aromatic heterocycles. The molecule has 6 heteroatoms. The summed E-state index contributed by atoms with van der Waals surface area (Å²) in [5.74, 6) is -1.09. The SMILES string of the molecule is O=C(O)C1CCCCN1C(=O)c1sccc1Br. The first kappa shape index (κ1) is 12.6. The summed E-state index contributed by atoms with van der Waals surface area (Å²) < 4.78 is 0.738. The van der Waals surface area contributed by atoms with Gasteiger partial charge in [0.1, 0.15) is 10.9 Å². The van der Waals surface area contributed by atoms with Gasteiger partial charge in [-0.15, -0.1) is 11.3 Å². The minimum absolute atomic E-state index is 0.182. The summed E-state index contributed by atoms with van der Waals surface area (Å²) in [6.07, 6.45) is 2.29. The summed E-state index contributed by atoms with van der Waals surface area (Å²) in [7, 11) is 0. The van der Waals surface area contributed by atoms with Crippen molar-refractivity contribution in [1.82, 2.24) is 4.90 Å². The van der Waals surface area contributed by atoms with Gasteiger partial charge >= 0.3 is 5.97 Å². The van der Waals surface area contributed by atoms with E-state index in [0.717, 1.165) is 17.3 Å². The van der Waals surface area contributed by atoms with Crippen molar-refractivity contribution >= 4 is 39.1 Å². The third-order valence-corrected chi connectivity index (χ3v) is 4.69. The lowest BCUT2D eigenvalue weighted by molar-refractivity contribution is -0.143. The fourth-order valence-corrected chi connectivity index (χ4v) is 3.50. The quantitative estimate of drug-likeness (QED) is 0.912. The Morgan fingerprint density at radius 3 is 2.82 bits per heavy atom. The predicted molar refractivity (Wildman–Crippen MR) is 68.3 cm³/mol. The van der Waals surface area contributed by atoms with Gasteiger partial charge in [0.2, 0.25) is 0 Å². The smallest absolute Gasteiger partial charge is 0.326 e. The summed E-state index contributed by atoms with van der Waals surface area (Å²) in [5.41, 5.74) is 0. The summed E-state index contributed by atoms with van der Waals surface area (Å²) in [4.78, 5) is 25.4. The lowest BCUT2D eigenvalue weighted by atomic mass is 10.0. The van der Waals surface area contributed by atoms with Crippen LogP contribution in [0.1, 0.15) is 28.9 Å². The number of halogens is 1. The lowest BCUT2D eigenvalue weighted by Crippen LogP contribution is -2.47. The van der Waals surface area contributed by atoms with Gasteiger partial charge in [-0.3, -0.25) is 4.79 Å². The number of carbonyl (C=O) groups excluding carboxylic acids is 1. The topological polar surface area (TPSA) is 57.6 Å². The third-order valence-electron chi connectivity index (χ3n) is 2.86. The summed E-state index contributed by atoms with van der Waals surface area (Å²) >= 11 is 4.64. The van der Waals surface area contributed by atoms with E-state index in [9.17, 15) is 9.59 Å². The monoisotopic (exact) mass is 317 g/mol. The van der Waals surface area contributed by atoms with Crippen molar-refractivity contribution in [3.05, 3.63) is 20.8 Å². The highest BCUT2D eigenvalue weighted by Crippen LogP contribution is 2.27. The van der Waals surface area contributed by atoms with E-state index in [0.29, 0.717) is 17.8 Å². The molecule has 92 valence electrons. The Balaban J connectivity index is 2.23. The molecule has 1 atom stereocenters. The fraction of sp³-hybridized carbons (Fsp3) is 0.455. The highest BCUT2D eigenvalue weighted by Gasteiger charge is 2.33. The van der Waals surface area contributed by atoms with Crippen LogP contribution in [0.2, 0.25) is 0 Å². The first-order chi connectivity index (χ1) is 8.11. The van der Waals surface area contributed by atoms with E-state index in [4.69, 9.17) is 5.11 Å². The van der Waals surface area contributed by atoms with Gasteiger partial charge in [-0.25, -0.2) is 4.79 Å². The molecule has 0 aliphatic carbocycles. The third kappa shape index (κ3) is 2.52. The molecule has 17 heavy (non-hydrogen) atoms. The number of nitrogens with zero attached hydrogens (tertiary/aromatic N) is 1. The maximum absolute atomic E-state index is 12.2. The highest BCUT2D eigenvalue weighted by atomic mass is 79.9. The van der Waals surface area contributed by atoms with E-state index in [2.05, 4.69) is 15.9 Å². The molecule has 0 aromatic carbocycles. The molecule has 0 radical (unpaired) electrons.